The number of nitrogens with zero attached hydrogens (tertiary/aromatic N) is 3. The molecule has 4 rings (SSSR count). The van der Waals surface area contributed by atoms with Crippen molar-refractivity contribution in [2.45, 2.75) is 25.4 Å². The van der Waals surface area contributed by atoms with E-state index in [-0.39, 0.29) is 18.7 Å². The first kappa shape index (κ1) is 14.9. The van der Waals surface area contributed by atoms with Crippen molar-refractivity contribution < 1.29 is 22.7 Å². The Labute approximate surface area is 135 Å². The maximum Gasteiger partial charge on any atom is 0.410 e. The van der Waals surface area contributed by atoms with Crippen molar-refractivity contribution in [1.82, 2.24) is 14.9 Å². The molecule has 8 heteroatoms. The predicted molar refractivity (Wildman–Crippen MR) is 76.8 cm³/mol. The number of carbonyl (C=O) groups is 1. The summed E-state index contributed by atoms with van der Waals surface area (Å²) in [7, 11) is 0. The monoisotopic (exact) mass is 335 g/mol. The Balaban J connectivity index is 1.71. The van der Waals surface area contributed by atoms with Gasteiger partial charge in [-0.05, 0) is 18.2 Å². The smallest absolute Gasteiger partial charge is 0.410 e. The van der Waals surface area contributed by atoms with Crippen LogP contribution < -0.4 is 0 Å². The molecule has 3 heterocycles. The molecule has 1 aromatic carbocycles. The summed E-state index contributed by atoms with van der Waals surface area (Å²) in [4.78, 5) is 22.0. The molecule has 0 unspecified atom stereocenters. The van der Waals surface area contributed by atoms with Crippen LogP contribution in [0, 0.1) is 5.82 Å². The molecule has 0 N–H and O–H groups in total. The van der Waals surface area contributed by atoms with Crippen LogP contribution in [0.5, 0.6) is 0 Å². The fourth-order valence-corrected chi connectivity index (χ4v) is 3.00. The third-order valence-electron chi connectivity index (χ3n) is 4.28. The van der Waals surface area contributed by atoms with E-state index >= 15 is 0 Å². The Hall–Kier alpha value is -2.64. The Morgan fingerprint density at radius 3 is 2.92 bits per heavy atom. The summed E-state index contributed by atoms with van der Waals surface area (Å²) in [5, 5.41) is 0. The van der Waals surface area contributed by atoms with Crippen molar-refractivity contribution in [3.63, 3.8) is 0 Å². The number of amides is 1. The minimum atomic E-state index is -2.91. The number of alkyl halides is 2. The van der Waals surface area contributed by atoms with Gasteiger partial charge in [0, 0.05) is 12.0 Å². The fourth-order valence-electron chi connectivity index (χ4n) is 3.00. The summed E-state index contributed by atoms with van der Waals surface area (Å²) >= 11 is 0. The molecule has 24 heavy (non-hydrogen) atoms. The van der Waals surface area contributed by atoms with Gasteiger partial charge in [0.1, 0.15) is 12.4 Å². The number of ether oxygens (including phenoxy) is 1. The van der Waals surface area contributed by atoms with Gasteiger partial charge in [-0.25, -0.2) is 22.9 Å². The lowest BCUT2D eigenvalue weighted by atomic mass is 10.0. The van der Waals surface area contributed by atoms with Crippen molar-refractivity contribution in [2.75, 3.05) is 6.61 Å². The second-order valence-electron chi connectivity index (χ2n) is 5.75. The molecule has 0 bridgehead atoms. The van der Waals surface area contributed by atoms with Crippen molar-refractivity contribution in [3.05, 3.63) is 47.2 Å². The number of hydrogen-bond donors (Lipinski definition) is 0. The van der Waals surface area contributed by atoms with Crippen LogP contribution in [0.15, 0.2) is 24.4 Å². The summed E-state index contributed by atoms with van der Waals surface area (Å²) in [6, 6.07) is 3.41. The quantitative estimate of drug-likeness (QED) is 0.846. The molecule has 0 saturated carbocycles. The third kappa shape index (κ3) is 2.38. The standard InChI is InChI=1S/C16H12F3N3O2/c17-11-2-1-8(3-10(11)15(18)19)13-5-20-12-4-9-7-24-16(23)22(9)6-14(12)21-13/h1-3,5,9,15H,4,6-7H2/t9-/m1/s1. The van der Waals surface area contributed by atoms with Gasteiger partial charge >= 0.3 is 6.09 Å². The first-order valence-corrected chi connectivity index (χ1v) is 7.39. The van der Waals surface area contributed by atoms with E-state index in [9.17, 15) is 18.0 Å². The summed E-state index contributed by atoms with van der Waals surface area (Å²) in [5.41, 5.74) is 1.41. The van der Waals surface area contributed by atoms with Crippen LogP contribution in [0.3, 0.4) is 0 Å². The SMILES string of the molecule is O=C1OC[C@H]2Cc3ncc(-c4ccc(F)c(C(F)F)c4)nc3CN12. The summed E-state index contributed by atoms with van der Waals surface area (Å²) in [6.45, 7) is 0.597. The normalized spacial score (nSPS) is 19.2. The van der Waals surface area contributed by atoms with Gasteiger partial charge < -0.3 is 4.74 Å². The van der Waals surface area contributed by atoms with E-state index in [1.54, 1.807) is 4.90 Å². The Morgan fingerprint density at radius 1 is 1.29 bits per heavy atom. The molecular weight excluding hydrogens is 323 g/mol. The van der Waals surface area contributed by atoms with E-state index in [1.807, 2.05) is 0 Å². The topological polar surface area (TPSA) is 55.3 Å². The largest absolute Gasteiger partial charge is 0.447 e. The van der Waals surface area contributed by atoms with Crippen molar-refractivity contribution in [1.29, 1.82) is 0 Å². The molecule has 1 aromatic heterocycles. The molecule has 124 valence electrons. The maximum atomic E-state index is 13.4. The molecule has 1 fully saturated rings. The van der Waals surface area contributed by atoms with Crippen molar-refractivity contribution >= 4 is 6.09 Å². The Morgan fingerprint density at radius 2 is 2.12 bits per heavy atom. The van der Waals surface area contributed by atoms with Gasteiger partial charge in [-0.15, -0.1) is 0 Å². The Kier molecular flexibility index (Phi) is 3.40. The van der Waals surface area contributed by atoms with Crippen LogP contribution in [0.1, 0.15) is 23.4 Å². The highest BCUT2D eigenvalue weighted by atomic mass is 19.3. The van der Waals surface area contributed by atoms with E-state index in [0.717, 1.165) is 17.8 Å². The lowest BCUT2D eigenvalue weighted by Crippen LogP contribution is -2.39. The number of cyclic esters (lactones) is 1. The summed E-state index contributed by atoms with van der Waals surface area (Å²) in [6.07, 6.45) is -1.27. The molecule has 2 aromatic rings. The van der Waals surface area contributed by atoms with Crippen LogP contribution >= 0.6 is 0 Å². The van der Waals surface area contributed by atoms with Crippen LogP contribution in [0.2, 0.25) is 0 Å². The molecular formula is C16H12F3N3O2. The lowest BCUT2D eigenvalue weighted by molar-refractivity contribution is 0.146. The third-order valence-corrected chi connectivity index (χ3v) is 4.28. The van der Waals surface area contributed by atoms with E-state index in [4.69, 9.17) is 4.74 Å². The lowest BCUT2D eigenvalue weighted by Gasteiger charge is -2.27. The van der Waals surface area contributed by atoms with Crippen molar-refractivity contribution in [3.8, 4) is 11.3 Å². The number of benzene rings is 1. The average molecular weight is 335 g/mol. The molecule has 0 spiro atoms. The highest BCUT2D eigenvalue weighted by Crippen LogP contribution is 2.30. The molecule has 2 aliphatic rings. The molecule has 1 atom stereocenters. The summed E-state index contributed by atoms with van der Waals surface area (Å²) < 4.78 is 44.1. The highest BCUT2D eigenvalue weighted by molar-refractivity contribution is 5.70. The van der Waals surface area contributed by atoms with Crippen LogP contribution in [0.4, 0.5) is 18.0 Å². The molecule has 0 radical (unpaired) electrons. The van der Waals surface area contributed by atoms with Gasteiger partial charge in [-0.2, -0.15) is 0 Å². The summed E-state index contributed by atoms with van der Waals surface area (Å²) in [5.74, 6) is -0.956. The van der Waals surface area contributed by atoms with Gasteiger partial charge in [-0.1, -0.05) is 0 Å². The van der Waals surface area contributed by atoms with Crippen LogP contribution in [-0.4, -0.2) is 33.6 Å². The zero-order valence-corrected chi connectivity index (χ0v) is 12.4. The molecule has 0 aliphatic carbocycles. The number of rotatable bonds is 2. The van der Waals surface area contributed by atoms with Gasteiger partial charge in [-0.3, -0.25) is 9.88 Å². The molecule has 2 aliphatic heterocycles. The van der Waals surface area contributed by atoms with E-state index in [1.165, 1.54) is 12.3 Å². The predicted octanol–water partition coefficient (Wildman–Crippen LogP) is 3.10. The Bertz CT molecular complexity index is 828. The number of halogens is 3. The maximum absolute atomic E-state index is 13.4. The van der Waals surface area contributed by atoms with Gasteiger partial charge in [0.2, 0.25) is 0 Å². The van der Waals surface area contributed by atoms with Gasteiger partial charge in [0.15, 0.2) is 0 Å². The minimum Gasteiger partial charge on any atom is -0.447 e. The zero-order chi connectivity index (χ0) is 16.8. The second kappa shape index (κ2) is 5.47. The van der Waals surface area contributed by atoms with Crippen LogP contribution in [0.25, 0.3) is 11.3 Å². The van der Waals surface area contributed by atoms with Crippen molar-refractivity contribution in [2.24, 2.45) is 0 Å². The number of hydrogen-bond acceptors (Lipinski definition) is 4. The second-order valence-corrected chi connectivity index (χ2v) is 5.75. The first-order valence-electron chi connectivity index (χ1n) is 7.39. The van der Waals surface area contributed by atoms with Gasteiger partial charge in [0.05, 0.1) is 41.4 Å². The average Bonchev–Trinajstić information content (AvgIpc) is 2.93. The van der Waals surface area contributed by atoms with Gasteiger partial charge in [0.25, 0.3) is 6.43 Å². The van der Waals surface area contributed by atoms with E-state index < -0.39 is 17.8 Å². The number of carbonyl (C=O) groups excluding carboxylic acids is 1. The molecule has 1 amide bonds. The van der Waals surface area contributed by atoms with E-state index in [0.29, 0.717) is 30.0 Å². The first-order chi connectivity index (χ1) is 11.5. The fraction of sp³-hybridized carbons (Fsp3) is 0.312. The minimum absolute atomic E-state index is 0.0404. The zero-order valence-electron chi connectivity index (χ0n) is 12.4. The van der Waals surface area contributed by atoms with Crippen LogP contribution in [-0.2, 0) is 17.7 Å². The molecule has 1 saturated heterocycles. The highest BCUT2D eigenvalue weighted by Gasteiger charge is 2.38. The number of fused-ring (bicyclic) bond motifs is 2. The number of aromatic nitrogens is 2. The molecule has 5 nitrogen and oxygen atoms in total. The van der Waals surface area contributed by atoms with E-state index in [2.05, 4.69) is 9.97 Å².